The molecule has 2 unspecified atom stereocenters. The minimum Gasteiger partial charge on any atom is -0.345 e. The lowest BCUT2D eigenvalue weighted by Crippen LogP contribution is -2.33. The van der Waals surface area contributed by atoms with E-state index >= 15 is 0 Å². The minimum absolute atomic E-state index is 0. The van der Waals surface area contributed by atoms with Crippen LogP contribution in [-0.2, 0) is 10.2 Å². The molecule has 2 N–H and O–H groups in total. The second kappa shape index (κ2) is 7.22. The first-order valence-electron chi connectivity index (χ1n) is 7.23. The summed E-state index contributed by atoms with van der Waals surface area (Å²) in [4.78, 5) is 16.3. The Hall–Kier alpha value is -1.14. The molecular formula is C14H25ClN4O2. The molecular weight excluding hydrogens is 292 g/mol. The molecule has 120 valence electrons. The molecule has 2 atom stereocenters. The maximum atomic E-state index is 11.9. The largest absolute Gasteiger partial charge is 0.345 e. The number of halogens is 1. The van der Waals surface area contributed by atoms with E-state index in [0.29, 0.717) is 24.2 Å². The zero-order valence-electron chi connectivity index (χ0n) is 13.1. The highest BCUT2D eigenvalue weighted by Crippen LogP contribution is 2.20. The number of amides is 1. The van der Waals surface area contributed by atoms with Crippen LogP contribution in [0.4, 0.5) is 0 Å². The maximum absolute atomic E-state index is 11.9. The lowest BCUT2D eigenvalue weighted by atomic mass is 9.96. The number of nitrogens with one attached hydrogen (secondary N) is 2. The van der Waals surface area contributed by atoms with E-state index in [1.54, 1.807) is 0 Å². The van der Waals surface area contributed by atoms with Gasteiger partial charge in [0.25, 0.3) is 0 Å². The van der Waals surface area contributed by atoms with E-state index in [2.05, 4.69) is 20.8 Å². The summed E-state index contributed by atoms with van der Waals surface area (Å²) >= 11 is 0. The summed E-state index contributed by atoms with van der Waals surface area (Å²) in [5, 5.41) is 10.2. The quantitative estimate of drug-likeness (QED) is 0.889. The highest BCUT2D eigenvalue weighted by atomic mass is 35.5. The van der Waals surface area contributed by atoms with E-state index in [1.165, 1.54) is 0 Å². The van der Waals surface area contributed by atoms with Gasteiger partial charge >= 0.3 is 0 Å². The molecule has 1 aromatic rings. The Morgan fingerprint density at radius 2 is 2.24 bits per heavy atom. The standard InChI is InChI=1S/C14H24N4O2.ClH/c1-9(12-17-13(18-20-12)14(2,3)4)16-11(19)8-10-6-5-7-15-10;/h9-10,15H,5-8H2,1-4H3,(H,16,19);1H. The lowest BCUT2D eigenvalue weighted by molar-refractivity contribution is -0.122. The van der Waals surface area contributed by atoms with Gasteiger partial charge in [0.05, 0.1) is 0 Å². The monoisotopic (exact) mass is 316 g/mol. The first-order valence-corrected chi connectivity index (χ1v) is 7.23. The van der Waals surface area contributed by atoms with Crippen molar-refractivity contribution < 1.29 is 9.32 Å². The van der Waals surface area contributed by atoms with Crippen LogP contribution in [0.5, 0.6) is 0 Å². The second-order valence-electron chi connectivity index (χ2n) is 6.49. The molecule has 0 radical (unpaired) electrons. The molecule has 2 heterocycles. The molecule has 21 heavy (non-hydrogen) atoms. The van der Waals surface area contributed by atoms with Crippen molar-refractivity contribution in [3.8, 4) is 0 Å². The van der Waals surface area contributed by atoms with Gasteiger partial charge in [-0.2, -0.15) is 4.98 Å². The van der Waals surface area contributed by atoms with Crippen LogP contribution in [0.15, 0.2) is 4.52 Å². The molecule has 0 aliphatic carbocycles. The number of hydrogen-bond acceptors (Lipinski definition) is 5. The van der Waals surface area contributed by atoms with Crippen LogP contribution in [-0.4, -0.2) is 28.6 Å². The molecule has 1 aliphatic rings. The highest BCUT2D eigenvalue weighted by Gasteiger charge is 2.24. The summed E-state index contributed by atoms with van der Waals surface area (Å²) in [6.45, 7) is 8.94. The predicted molar refractivity (Wildman–Crippen MR) is 82.4 cm³/mol. The molecule has 1 fully saturated rings. The lowest BCUT2D eigenvalue weighted by Gasteiger charge is -2.13. The van der Waals surface area contributed by atoms with Gasteiger partial charge in [0.15, 0.2) is 5.82 Å². The third-order valence-corrected chi connectivity index (χ3v) is 3.45. The van der Waals surface area contributed by atoms with Crippen LogP contribution in [0, 0.1) is 0 Å². The van der Waals surface area contributed by atoms with Crippen LogP contribution in [0.1, 0.15) is 64.7 Å². The highest BCUT2D eigenvalue weighted by molar-refractivity contribution is 5.85. The Balaban J connectivity index is 0.00000220. The van der Waals surface area contributed by atoms with Crippen molar-refractivity contribution in [2.75, 3.05) is 6.54 Å². The predicted octanol–water partition coefficient (Wildman–Crippen LogP) is 2.11. The van der Waals surface area contributed by atoms with Crippen molar-refractivity contribution in [3.63, 3.8) is 0 Å². The average Bonchev–Trinajstić information content (AvgIpc) is 2.97. The molecule has 0 spiro atoms. The fraction of sp³-hybridized carbons (Fsp3) is 0.786. The Labute approximate surface area is 131 Å². The molecule has 6 nitrogen and oxygen atoms in total. The van der Waals surface area contributed by atoms with E-state index in [1.807, 2.05) is 27.7 Å². The molecule has 1 aromatic heterocycles. The van der Waals surface area contributed by atoms with E-state index in [0.717, 1.165) is 19.4 Å². The van der Waals surface area contributed by atoms with Crippen LogP contribution in [0.2, 0.25) is 0 Å². The number of hydrogen-bond donors (Lipinski definition) is 2. The summed E-state index contributed by atoms with van der Waals surface area (Å²) in [5.74, 6) is 1.14. The average molecular weight is 317 g/mol. The maximum Gasteiger partial charge on any atom is 0.248 e. The van der Waals surface area contributed by atoms with Crippen LogP contribution in [0.25, 0.3) is 0 Å². The van der Waals surface area contributed by atoms with Gasteiger partial charge < -0.3 is 15.2 Å². The van der Waals surface area contributed by atoms with Crippen molar-refractivity contribution in [2.24, 2.45) is 0 Å². The summed E-state index contributed by atoms with van der Waals surface area (Å²) in [5.41, 5.74) is -0.154. The van der Waals surface area contributed by atoms with Gasteiger partial charge in [-0.25, -0.2) is 0 Å². The molecule has 0 aromatic carbocycles. The van der Waals surface area contributed by atoms with Crippen LogP contribution >= 0.6 is 12.4 Å². The minimum atomic E-state index is -0.257. The van der Waals surface area contributed by atoms with Gasteiger partial charge in [0, 0.05) is 17.9 Å². The van der Waals surface area contributed by atoms with Crippen molar-refractivity contribution in [1.29, 1.82) is 0 Å². The fourth-order valence-corrected chi connectivity index (χ4v) is 2.23. The summed E-state index contributed by atoms with van der Waals surface area (Å²) < 4.78 is 5.23. The first-order chi connectivity index (χ1) is 9.36. The van der Waals surface area contributed by atoms with Gasteiger partial charge in [-0.05, 0) is 26.3 Å². The zero-order chi connectivity index (χ0) is 14.8. The Morgan fingerprint density at radius 1 is 1.52 bits per heavy atom. The van der Waals surface area contributed by atoms with Crippen molar-refractivity contribution in [2.45, 2.75) is 64.5 Å². The number of nitrogens with zero attached hydrogens (tertiary/aromatic N) is 2. The second-order valence-corrected chi connectivity index (χ2v) is 6.49. The molecule has 2 rings (SSSR count). The van der Waals surface area contributed by atoms with Crippen LogP contribution in [0.3, 0.4) is 0 Å². The van der Waals surface area contributed by atoms with E-state index < -0.39 is 0 Å². The number of carbonyl (C=O) groups excluding carboxylic acids is 1. The van der Waals surface area contributed by atoms with Gasteiger partial charge in [0.1, 0.15) is 6.04 Å². The Bertz CT molecular complexity index is 464. The number of aromatic nitrogens is 2. The molecule has 0 bridgehead atoms. The number of rotatable bonds is 4. The SMILES string of the molecule is CC(NC(=O)CC1CCCN1)c1nc(C(C)(C)C)no1.Cl. The molecule has 7 heteroatoms. The van der Waals surface area contributed by atoms with Crippen LogP contribution < -0.4 is 10.6 Å². The summed E-state index contributed by atoms with van der Waals surface area (Å²) in [6.07, 6.45) is 2.72. The van der Waals surface area contributed by atoms with E-state index in [-0.39, 0.29) is 29.8 Å². The Morgan fingerprint density at radius 3 is 2.76 bits per heavy atom. The molecule has 1 saturated heterocycles. The van der Waals surface area contributed by atoms with Gasteiger partial charge in [-0.1, -0.05) is 25.9 Å². The van der Waals surface area contributed by atoms with E-state index in [4.69, 9.17) is 4.52 Å². The molecule has 0 saturated carbocycles. The topological polar surface area (TPSA) is 80.0 Å². The summed E-state index contributed by atoms with van der Waals surface area (Å²) in [7, 11) is 0. The number of carbonyl (C=O) groups is 1. The third-order valence-electron chi connectivity index (χ3n) is 3.45. The van der Waals surface area contributed by atoms with E-state index in [9.17, 15) is 4.79 Å². The van der Waals surface area contributed by atoms with Crippen molar-refractivity contribution in [3.05, 3.63) is 11.7 Å². The van der Waals surface area contributed by atoms with Crippen molar-refractivity contribution in [1.82, 2.24) is 20.8 Å². The normalized spacial score (nSPS) is 19.9. The summed E-state index contributed by atoms with van der Waals surface area (Å²) in [6, 6.07) is 0.0440. The molecule has 1 aliphatic heterocycles. The Kier molecular flexibility index (Phi) is 6.16. The third kappa shape index (κ3) is 4.97. The fourth-order valence-electron chi connectivity index (χ4n) is 2.23. The zero-order valence-corrected chi connectivity index (χ0v) is 13.9. The van der Waals surface area contributed by atoms with Gasteiger partial charge in [-0.15, -0.1) is 12.4 Å². The van der Waals surface area contributed by atoms with Gasteiger partial charge in [0.2, 0.25) is 11.8 Å². The smallest absolute Gasteiger partial charge is 0.248 e. The first kappa shape index (κ1) is 17.9. The van der Waals surface area contributed by atoms with Crippen molar-refractivity contribution >= 4 is 18.3 Å². The van der Waals surface area contributed by atoms with Gasteiger partial charge in [-0.3, -0.25) is 4.79 Å². The molecule has 1 amide bonds.